The summed E-state index contributed by atoms with van der Waals surface area (Å²) in [5, 5.41) is 10.5. The molecule has 0 aliphatic carbocycles. The predicted molar refractivity (Wildman–Crippen MR) is 111 cm³/mol. The summed E-state index contributed by atoms with van der Waals surface area (Å²) in [6.45, 7) is 0. The predicted octanol–water partition coefficient (Wildman–Crippen LogP) is 6.16. The standard InChI is InChI=1S/C20H10S2Se2/c1-3-13(21-9-1)19-11-5-7-16-18-12(6-8-15(23-19)17(11)18)20(24-16)14-4-2-10-22-14/h1-10H. The Morgan fingerprint density at radius 1 is 0.583 bits per heavy atom. The fourth-order valence-electron chi connectivity index (χ4n) is 3.49. The van der Waals surface area contributed by atoms with Crippen molar-refractivity contribution in [3.63, 3.8) is 0 Å². The molecule has 4 heterocycles. The van der Waals surface area contributed by atoms with Crippen LogP contribution in [0.2, 0.25) is 0 Å². The van der Waals surface area contributed by atoms with Crippen molar-refractivity contribution in [1.82, 2.24) is 0 Å². The molecule has 0 unspecified atom stereocenters. The van der Waals surface area contributed by atoms with Gasteiger partial charge in [-0.05, 0) is 0 Å². The van der Waals surface area contributed by atoms with Crippen LogP contribution in [0, 0.1) is 0 Å². The topological polar surface area (TPSA) is 0 Å². The maximum atomic E-state index is 2.40. The molecule has 0 saturated heterocycles. The van der Waals surface area contributed by atoms with Gasteiger partial charge in [-0.1, -0.05) is 0 Å². The summed E-state index contributed by atoms with van der Waals surface area (Å²) < 4.78 is 6.30. The molecule has 2 aromatic carbocycles. The third-order valence-corrected chi connectivity index (χ3v) is 11.9. The van der Waals surface area contributed by atoms with Crippen molar-refractivity contribution in [3.8, 4) is 18.6 Å². The van der Waals surface area contributed by atoms with Gasteiger partial charge in [0, 0.05) is 0 Å². The van der Waals surface area contributed by atoms with Gasteiger partial charge in [0.25, 0.3) is 0 Å². The van der Waals surface area contributed by atoms with Crippen LogP contribution in [-0.4, -0.2) is 29.0 Å². The molecule has 4 heteroatoms. The Bertz CT molecular complexity index is 1180. The van der Waals surface area contributed by atoms with E-state index in [-0.39, 0.29) is 0 Å². The van der Waals surface area contributed by atoms with E-state index in [0.717, 1.165) is 0 Å². The quantitative estimate of drug-likeness (QED) is 0.265. The molecular formula is C20H10S2Se2. The van der Waals surface area contributed by atoms with Crippen LogP contribution >= 0.6 is 22.7 Å². The van der Waals surface area contributed by atoms with E-state index in [9.17, 15) is 0 Å². The van der Waals surface area contributed by atoms with Crippen LogP contribution in [0.5, 0.6) is 0 Å². The number of benzene rings is 2. The summed E-state index contributed by atoms with van der Waals surface area (Å²) in [5.41, 5.74) is 0. The third kappa shape index (κ3) is 1.84. The summed E-state index contributed by atoms with van der Waals surface area (Å²) in [5.74, 6) is 0. The van der Waals surface area contributed by atoms with Gasteiger partial charge in [-0.2, -0.15) is 0 Å². The molecule has 0 aliphatic heterocycles. The Labute approximate surface area is 158 Å². The van der Waals surface area contributed by atoms with Crippen LogP contribution in [0.15, 0.2) is 59.3 Å². The normalized spacial score (nSPS) is 12.2. The van der Waals surface area contributed by atoms with E-state index >= 15 is 0 Å². The molecule has 0 saturated carbocycles. The summed E-state index contributed by atoms with van der Waals surface area (Å²) in [6, 6.07) is 18.5. The van der Waals surface area contributed by atoms with E-state index in [1.807, 2.05) is 22.7 Å². The molecule has 0 fully saturated rings. The van der Waals surface area contributed by atoms with Crippen LogP contribution in [-0.2, 0) is 0 Å². The van der Waals surface area contributed by atoms with E-state index < -0.39 is 0 Å². The van der Waals surface area contributed by atoms with E-state index in [1.54, 1.807) is 28.2 Å². The van der Waals surface area contributed by atoms with E-state index in [0.29, 0.717) is 29.0 Å². The van der Waals surface area contributed by atoms with Gasteiger partial charge >= 0.3 is 160 Å². The Kier molecular flexibility index (Phi) is 3.05. The van der Waals surface area contributed by atoms with Crippen molar-refractivity contribution < 1.29 is 0 Å². The molecular weight excluding hydrogens is 462 g/mol. The Hall–Kier alpha value is -1.12. The van der Waals surface area contributed by atoms with Gasteiger partial charge < -0.3 is 0 Å². The molecule has 0 spiro atoms. The molecule has 0 N–H and O–H groups in total. The summed E-state index contributed by atoms with van der Waals surface area (Å²) in [4.78, 5) is 2.91. The zero-order chi connectivity index (χ0) is 15.7. The number of hydrogen-bond donors (Lipinski definition) is 0. The number of thiophene rings is 2. The van der Waals surface area contributed by atoms with Crippen LogP contribution < -0.4 is 0 Å². The van der Waals surface area contributed by atoms with Crippen molar-refractivity contribution in [3.05, 3.63) is 59.3 Å². The monoisotopic (exact) mass is 474 g/mol. The number of hydrogen-bond acceptors (Lipinski definition) is 2. The van der Waals surface area contributed by atoms with Crippen LogP contribution in [0.4, 0.5) is 0 Å². The Morgan fingerprint density at radius 3 is 1.50 bits per heavy atom. The van der Waals surface area contributed by atoms with Crippen molar-refractivity contribution in [2.45, 2.75) is 0 Å². The second kappa shape index (κ2) is 5.19. The zero-order valence-corrected chi connectivity index (χ0v) is 17.5. The van der Waals surface area contributed by atoms with E-state index in [1.165, 1.54) is 20.5 Å². The first kappa shape index (κ1) is 14.1. The van der Waals surface area contributed by atoms with Crippen molar-refractivity contribution in [1.29, 1.82) is 0 Å². The molecule has 4 aromatic heterocycles. The van der Waals surface area contributed by atoms with Gasteiger partial charge in [-0.3, -0.25) is 0 Å². The summed E-state index contributed by atoms with van der Waals surface area (Å²) >= 11 is 4.62. The first-order valence-corrected chi connectivity index (χ1v) is 12.9. The van der Waals surface area contributed by atoms with E-state index in [2.05, 4.69) is 59.3 Å². The first-order valence-electron chi connectivity index (χ1n) is 7.68. The van der Waals surface area contributed by atoms with Gasteiger partial charge in [0.2, 0.25) is 0 Å². The molecule has 114 valence electrons. The van der Waals surface area contributed by atoms with Gasteiger partial charge in [0.15, 0.2) is 0 Å². The van der Waals surface area contributed by atoms with Crippen molar-refractivity contribution in [2.24, 2.45) is 0 Å². The zero-order valence-electron chi connectivity index (χ0n) is 12.4. The summed E-state index contributed by atoms with van der Waals surface area (Å²) in [6.07, 6.45) is 0. The average molecular weight is 472 g/mol. The second-order valence-corrected chi connectivity index (χ2v) is 12.1. The van der Waals surface area contributed by atoms with Gasteiger partial charge in [0.1, 0.15) is 0 Å². The fraction of sp³-hybridized carbons (Fsp3) is 0. The van der Waals surface area contributed by atoms with Crippen molar-refractivity contribution in [2.75, 3.05) is 0 Å². The molecule has 0 nitrogen and oxygen atoms in total. The fourth-order valence-corrected chi connectivity index (χ4v) is 10.6. The van der Waals surface area contributed by atoms with Gasteiger partial charge in [-0.25, -0.2) is 0 Å². The molecule has 0 radical (unpaired) electrons. The first-order chi connectivity index (χ1) is 11.9. The minimum absolute atomic E-state index is 0.434. The van der Waals surface area contributed by atoms with Crippen LogP contribution in [0.1, 0.15) is 0 Å². The molecule has 24 heavy (non-hydrogen) atoms. The Morgan fingerprint density at radius 2 is 1.08 bits per heavy atom. The van der Waals surface area contributed by atoms with E-state index in [4.69, 9.17) is 0 Å². The summed E-state index contributed by atoms with van der Waals surface area (Å²) in [7, 11) is 0. The SMILES string of the molecule is c1csc(-c2[se]c3ccc4c(-c5cccs5)[se]c5ccc2c3c54)c1. The molecule has 6 rings (SSSR count). The molecule has 0 bridgehead atoms. The van der Waals surface area contributed by atoms with Gasteiger partial charge in [-0.15, -0.1) is 0 Å². The third-order valence-electron chi connectivity index (χ3n) is 4.49. The van der Waals surface area contributed by atoms with Gasteiger partial charge in [0.05, 0.1) is 0 Å². The van der Waals surface area contributed by atoms with Crippen LogP contribution in [0.25, 0.3) is 48.7 Å². The molecule has 6 aromatic rings. The van der Waals surface area contributed by atoms with Crippen LogP contribution in [0.3, 0.4) is 0 Å². The Balaban J connectivity index is 1.79. The molecule has 0 aliphatic rings. The molecule has 0 atom stereocenters. The minimum atomic E-state index is 0.434. The van der Waals surface area contributed by atoms with Crippen molar-refractivity contribution >= 4 is 81.7 Å². The second-order valence-electron chi connectivity index (χ2n) is 5.79. The average Bonchev–Trinajstić information content (AvgIpc) is 3.36. The number of rotatable bonds is 2. The molecule has 0 amide bonds. The maximum absolute atomic E-state index is 2.40.